The summed E-state index contributed by atoms with van der Waals surface area (Å²) < 4.78 is 11.9. The largest absolute Gasteiger partial charge is 0.508 e. The van der Waals surface area contributed by atoms with Gasteiger partial charge in [0.15, 0.2) is 5.60 Å². The molecular weight excluding hydrogens is 320 g/mol. The predicted molar refractivity (Wildman–Crippen MR) is 88.4 cm³/mol. The molecule has 5 rings (SSSR count). The van der Waals surface area contributed by atoms with Crippen molar-refractivity contribution in [3.8, 4) is 23.0 Å². The van der Waals surface area contributed by atoms with Gasteiger partial charge in [0, 0.05) is 17.0 Å². The summed E-state index contributed by atoms with van der Waals surface area (Å²) in [5, 5.41) is 20.0. The summed E-state index contributed by atoms with van der Waals surface area (Å²) in [6.07, 6.45) is 7.46. The predicted octanol–water partition coefficient (Wildman–Crippen LogP) is 3.36. The second kappa shape index (κ2) is 4.66. The van der Waals surface area contributed by atoms with Gasteiger partial charge in [-0.05, 0) is 36.4 Å². The Morgan fingerprint density at radius 1 is 0.880 bits per heavy atom. The SMILES string of the molecule is O=C1OC2(c3cc(O)ccc3Oc3ccc(O)cc32)C2C=CC=CC12. The minimum absolute atomic E-state index is 0.0557. The van der Waals surface area contributed by atoms with E-state index in [2.05, 4.69) is 0 Å². The lowest BCUT2D eigenvalue weighted by molar-refractivity contribution is -0.148. The Balaban J connectivity index is 1.86. The quantitative estimate of drug-likeness (QED) is 0.723. The van der Waals surface area contributed by atoms with Crippen LogP contribution < -0.4 is 4.74 Å². The van der Waals surface area contributed by atoms with Gasteiger partial charge < -0.3 is 19.7 Å². The molecule has 1 saturated heterocycles. The summed E-state index contributed by atoms with van der Waals surface area (Å²) in [6, 6.07) is 9.50. The number of ether oxygens (including phenoxy) is 2. The van der Waals surface area contributed by atoms with E-state index in [9.17, 15) is 15.0 Å². The first-order valence-corrected chi connectivity index (χ1v) is 8.02. The summed E-state index contributed by atoms with van der Waals surface area (Å²) in [5.41, 5.74) is 0.00134. The minimum atomic E-state index is -1.15. The molecule has 0 aromatic heterocycles. The highest BCUT2D eigenvalue weighted by molar-refractivity contribution is 5.82. The third-order valence-corrected chi connectivity index (χ3v) is 5.08. The van der Waals surface area contributed by atoms with E-state index in [1.165, 1.54) is 12.1 Å². The Kier molecular flexibility index (Phi) is 2.64. The summed E-state index contributed by atoms with van der Waals surface area (Å²) in [4.78, 5) is 12.6. The lowest BCUT2D eigenvalue weighted by Crippen LogP contribution is -2.37. The molecule has 5 heteroatoms. The molecule has 0 bridgehead atoms. The van der Waals surface area contributed by atoms with Crippen molar-refractivity contribution in [2.45, 2.75) is 5.60 Å². The van der Waals surface area contributed by atoms with Crippen LogP contribution in [0.15, 0.2) is 60.7 Å². The number of hydrogen-bond donors (Lipinski definition) is 2. The van der Waals surface area contributed by atoms with Gasteiger partial charge in [-0.15, -0.1) is 0 Å². The molecule has 2 atom stereocenters. The van der Waals surface area contributed by atoms with E-state index in [1.807, 2.05) is 24.3 Å². The number of benzene rings is 2. The van der Waals surface area contributed by atoms with Crippen LogP contribution in [0.25, 0.3) is 0 Å². The standard InChI is InChI=1S/C20H14O5/c21-11-5-7-17-15(9-11)20(16-10-12(22)6-8-18(16)24-17)14-4-2-1-3-13(14)19(23)25-20/h1-10,13-14,21-22H. The van der Waals surface area contributed by atoms with E-state index < -0.39 is 11.5 Å². The summed E-state index contributed by atoms with van der Waals surface area (Å²) >= 11 is 0. The van der Waals surface area contributed by atoms with Gasteiger partial charge in [0.25, 0.3) is 0 Å². The first-order chi connectivity index (χ1) is 12.1. The maximum absolute atomic E-state index is 12.6. The summed E-state index contributed by atoms with van der Waals surface area (Å²) in [5.74, 6) is 0.0969. The first-order valence-electron chi connectivity index (χ1n) is 8.02. The molecule has 3 aliphatic rings. The first kappa shape index (κ1) is 14.2. The van der Waals surface area contributed by atoms with Crippen LogP contribution in [0.4, 0.5) is 0 Å². The van der Waals surface area contributed by atoms with Crippen molar-refractivity contribution in [2.24, 2.45) is 11.8 Å². The number of aromatic hydroxyl groups is 2. The number of fused-ring (bicyclic) bond motifs is 6. The fourth-order valence-electron chi connectivity index (χ4n) is 4.04. The van der Waals surface area contributed by atoms with Crippen LogP contribution in [0, 0.1) is 11.8 Å². The van der Waals surface area contributed by atoms with Crippen LogP contribution in [0.3, 0.4) is 0 Å². The fourth-order valence-corrected chi connectivity index (χ4v) is 4.04. The molecule has 25 heavy (non-hydrogen) atoms. The van der Waals surface area contributed by atoms with Crippen molar-refractivity contribution in [2.75, 3.05) is 0 Å². The van der Waals surface area contributed by atoms with Crippen LogP contribution in [-0.4, -0.2) is 16.2 Å². The zero-order chi connectivity index (χ0) is 17.2. The molecule has 2 unspecified atom stereocenters. The molecule has 2 heterocycles. The highest BCUT2D eigenvalue weighted by Crippen LogP contribution is 2.59. The topological polar surface area (TPSA) is 76.0 Å². The lowest BCUT2D eigenvalue weighted by Gasteiger charge is -2.39. The van der Waals surface area contributed by atoms with E-state index >= 15 is 0 Å². The van der Waals surface area contributed by atoms with Crippen LogP contribution in [0.1, 0.15) is 11.1 Å². The van der Waals surface area contributed by atoms with Gasteiger partial charge in [-0.2, -0.15) is 0 Å². The zero-order valence-electron chi connectivity index (χ0n) is 13.0. The van der Waals surface area contributed by atoms with E-state index in [0.717, 1.165) is 0 Å². The Bertz CT molecular complexity index is 921. The maximum Gasteiger partial charge on any atom is 0.314 e. The van der Waals surface area contributed by atoms with Crippen molar-refractivity contribution in [3.05, 3.63) is 71.8 Å². The number of carbonyl (C=O) groups excluding carboxylic acids is 1. The van der Waals surface area contributed by atoms with Crippen molar-refractivity contribution in [3.63, 3.8) is 0 Å². The zero-order valence-corrected chi connectivity index (χ0v) is 13.0. The van der Waals surface area contributed by atoms with Crippen LogP contribution >= 0.6 is 0 Å². The maximum atomic E-state index is 12.6. The number of rotatable bonds is 0. The lowest BCUT2D eigenvalue weighted by atomic mass is 9.70. The van der Waals surface area contributed by atoms with E-state index in [4.69, 9.17) is 9.47 Å². The molecule has 2 N–H and O–H groups in total. The van der Waals surface area contributed by atoms with Crippen molar-refractivity contribution >= 4 is 5.97 Å². The van der Waals surface area contributed by atoms with Gasteiger partial charge in [0.1, 0.15) is 23.0 Å². The van der Waals surface area contributed by atoms with Crippen molar-refractivity contribution < 1.29 is 24.5 Å². The van der Waals surface area contributed by atoms with Crippen molar-refractivity contribution in [1.82, 2.24) is 0 Å². The number of carbonyl (C=O) groups is 1. The van der Waals surface area contributed by atoms with Crippen molar-refractivity contribution in [1.29, 1.82) is 0 Å². The Morgan fingerprint density at radius 3 is 2.12 bits per heavy atom. The van der Waals surface area contributed by atoms with Gasteiger partial charge in [0.05, 0.1) is 5.92 Å². The molecule has 5 nitrogen and oxygen atoms in total. The van der Waals surface area contributed by atoms with E-state index in [0.29, 0.717) is 22.6 Å². The normalized spacial score (nSPS) is 24.2. The van der Waals surface area contributed by atoms with Gasteiger partial charge in [-0.3, -0.25) is 4.79 Å². The minimum Gasteiger partial charge on any atom is -0.508 e. The molecule has 1 aliphatic carbocycles. The number of hydrogen-bond acceptors (Lipinski definition) is 5. The van der Waals surface area contributed by atoms with E-state index in [-0.39, 0.29) is 23.4 Å². The highest BCUT2D eigenvalue weighted by atomic mass is 16.6. The average Bonchev–Trinajstić information content (AvgIpc) is 2.91. The van der Waals surface area contributed by atoms with Gasteiger partial charge in [-0.1, -0.05) is 24.3 Å². The van der Waals surface area contributed by atoms with E-state index in [1.54, 1.807) is 24.3 Å². The second-order valence-corrected chi connectivity index (χ2v) is 6.44. The van der Waals surface area contributed by atoms with Crippen LogP contribution in [0.2, 0.25) is 0 Å². The van der Waals surface area contributed by atoms with Gasteiger partial charge >= 0.3 is 5.97 Å². The average molecular weight is 334 g/mol. The third kappa shape index (κ3) is 1.75. The molecule has 1 fully saturated rings. The molecule has 2 aromatic rings. The Hall–Kier alpha value is -3.21. The summed E-state index contributed by atoms with van der Waals surface area (Å²) in [6.45, 7) is 0. The number of phenolic OH excluding ortho intramolecular Hbond substituents is 2. The molecule has 2 aromatic carbocycles. The smallest absolute Gasteiger partial charge is 0.314 e. The monoisotopic (exact) mass is 334 g/mol. The fraction of sp³-hybridized carbons (Fsp3) is 0.150. The third-order valence-electron chi connectivity index (χ3n) is 5.08. The van der Waals surface area contributed by atoms with Gasteiger partial charge in [-0.25, -0.2) is 0 Å². The summed E-state index contributed by atoms with van der Waals surface area (Å²) in [7, 11) is 0. The Labute approximate surface area is 143 Å². The molecule has 0 radical (unpaired) electrons. The molecular formula is C20H14O5. The molecule has 1 spiro atoms. The van der Waals surface area contributed by atoms with Gasteiger partial charge in [0.2, 0.25) is 0 Å². The Morgan fingerprint density at radius 2 is 1.48 bits per heavy atom. The molecule has 124 valence electrons. The van der Waals surface area contributed by atoms with Crippen LogP contribution in [0.5, 0.6) is 23.0 Å². The van der Waals surface area contributed by atoms with Crippen LogP contribution in [-0.2, 0) is 15.1 Å². The molecule has 0 amide bonds. The number of phenols is 2. The second-order valence-electron chi connectivity index (χ2n) is 6.44. The number of allylic oxidation sites excluding steroid dienone is 2. The highest BCUT2D eigenvalue weighted by Gasteiger charge is 2.60. The molecule has 0 saturated carbocycles. The molecule has 2 aliphatic heterocycles. The number of esters is 1.